The Labute approximate surface area is 110 Å². The molecule has 1 fully saturated rings. The van der Waals surface area contributed by atoms with Gasteiger partial charge in [-0.25, -0.2) is 9.18 Å². The first-order valence-electron chi connectivity index (χ1n) is 5.85. The Bertz CT molecular complexity index is 480. The minimum atomic E-state index is -0.504. The van der Waals surface area contributed by atoms with Crippen LogP contribution in [0.25, 0.3) is 0 Å². The highest BCUT2D eigenvalue weighted by molar-refractivity contribution is 6.31. The number of hydrogen-bond donors (Lipinski definition) is 2. The number of rotatable bonds is 2. The zero-order chi connectivity index (χ0) is 13.0. The third-order valence-corrected chi connectivity index (χ3v) is 3.12. The number of halogens is 2. The van der Waals surface area contributed by atoms with Gasteiger partial charge in [0.1, 0.15) is 5.82 Å². The summed E-state index contributed by atoms with van der Waals surface area (Å²) in [6.45, 7) is 0. The second-order valence-electron chi connectivity index (χ2n) is 4.24. The lowest BCUT2D eigenvalue weighted by Crippen LogP contribution is -2.24. The van der Waals surface area contributed by atoms with Gasteiger partial charge in [-0.05, 0) is 43.9 Å². The Morgan fingerprint density at radius 3 is 2.72 bits per heavy atom. The highest BCUT2D eigenvalue weighted by Crippen LogP contribution is 2.23. The van der Waals surface area contributed by atoms with Gasteiger partial charge in [0, 0.05) is 11.9 Å². The van der Waals surface area contributed by atoms with E-state index in [4.69, 9.17) is 11.6 Å². The maximum atomic E-state index is 12.9. The second kappa shape index (κ2) is 5.87. The summed E-state index contributed by atoms with van der Waals surface area (Å²) in [6, 6.07) is 3.70. The first-order valence-corrected chi connectivity index (χ1v) is 6.23. The predicted octanol–water partition coefficient (Wildman–Crippen LogP) is 4.06. The lowest BCUT2D eigenvalue weighted by Gasteiger charge is -2.06. The molecule has 0 aromatic heterocycles. The normalized spacial score (nSPS) is 14.4. The van der Waals surface area contributed by atoms with Crippen LogP contribution in [0.5, 0.6) is 0 Å². The molecule has 0 saturated heterocycles. The van der Waals surface area contributed by atoms with E-state index < -0.39 is 5.82 Å². The molecule has 0 spiro atoms. The molecule has 1 aromatic carbocycles. The van der Waals surface area contributed by atoms with Gasteiger partial charge in [0.15, 0.2) is 0 Å². The molecule has 0 heterocycles. The van der Waals surface area contributed by atoms with Crippen LogP contribution in [0.1, 0.15) is 25.7 Å². The van der Waals surface area contributed by atoms with Crippen molar-refractivity contribution in [3.05, 3.63) is 40.8 Å². The molecule has 0 unspecified atom stereocenters. The molecule has 1 saturated carbocycles. The lowest BCUT2D eigenvalue weighted by atomic mass is 10.2. The summed E-state index contributed by atoms with van der Waals surface area (Å²) in [6.07, 6.45) is 6.20. The molecule has 2 N–H and O–H groups in total. The Morgan fingerprint density at radius 1 is 1.33 bits per heavy atom. The van der Waals surface area contributed by atoms with Gasteiger partial charge in [-0.1, -0.05) is 17.2 Å². The zero-order valence-corrected chi connectivity index (χ0v) is 10.6. The first kappa shape index (κ1) is 12.9. The maximum Gasteiger partial charge on any atom is 0.323 e. The van der Waals surface area contributed by atoms with Gasteiger partial charge >= 0.3 is 6.03 Å². The van der Waals surface area contributed by atoms with Crippen molar-refractivity contribution in [3.8, 4) is 0 Å². The van der Waals surface area contributed by atoms with E-state index in [1.165, 1.54) is 36.6 Å². The monoisotopic (exact) mass is 268 g/mol. The van der Waals surface area contributed by atoms with E-state index in [-0.39, 0.29) is 11.1 Å². The molecule has 0 aliphatic heterocycles. The molecule has 0 atom stereocenters. The Kier molecular flexibility index (Phi) is 4.20. The number of benzene rings is 1. The van der Waals surface area contributed by atoms with Crippen molar-refractivity contribution in [1.29, 1.82) is 0 Å². The average molecular weight is 269 g/mol. The summed E-state index contributed by atoms with van der Waals surface area (Å²) >= 11 is 5.62. The summed E-state index contributed by atoms with van der Waals surface area (Å²) in [7, 11) is 0. The van der Waals surface area contributed by atoms with Crippen LogP contribution in [0.15, 0.2) is 30.0 Å². The van der Waals surface area contributed by atoms with E-state index in [2.05, 4.69) is 10.6 Å². The number of urea groups is 1. The minimum Gasteiger partial charge on any atom is -0.314 e. The zero-order valence-electron chi connectivity index (χ0n) is 9.80. The van der Waals surface area contributed by atoms with E-state index in [0.717, 1.165) is 12.8 Å². The molecule has 1 aliphatic rings. The summed E-state index contributed by atoms with van der Waals surface area (Å²) in [4.78, 5) is 11.6. The van der Waals surface area contributed by atoms with Gasteiger partial charge in [0.25, 0.3) is 0 Å². The van der Waals surface area contributed by atoms with E-state index in [1.54, 1.807) is 6.20 Å². The Hall–Kier alpha value is -1.55. The summed E-state index contributed by atoms with van der Waals surface area (Å²) in [5, 5.41) is 5.23. The fraction of sp³-hybridized carbons (Fsp3) is 0.308. The van der Waals surface area contributed by atoms with Gasteiger partial charge in [-0.2, -0.15) is 0 Å². The van der Waals surface area contributed by atoms with Gasteiger partial charge in [-0.3, -0.25) is 0 Å². The molecular weight excluding hydrogens is 255 g/mol. The van der Waals surface area contributed by atoms with Crippen LogP contribution in [-0.2, 0) is 0 Å². The molecular formula is C13H14ClFN2O. The van der Waals surface area contributed by atoms with Crippen molar-refractivity contribution in [2.75, 3.05) is 5.32 Å². The van der Waals surface area contributed by atoms with Crippen LogP contribution in [0, 0.1) is 5.82 Å². The predicted molar refractivity (Wildman–Crippen MR) is 70.1 cm³/mol. The molecule has 18 heavy (non-hydrogen) atoms. The van der Waals surface area contributed by atoms with Crippen molar-refractivity contribution in [2.24, 2.45) is 0 Å². The lowest BCUT2D eigenvalue weighted by molar-refractivity contribution is 0.255. The number of allylic oxidation sites excluding steroid dienone is 1. The van der Waals surface area contributed by atoms with Crippen LogP contribution >= 0.6 is 11.6 Å². The molecule has 2 amide bonds. The SMILES string of the molecule is O=C(NC=C1CCCC1)Nc1ccc(F)c(Cl)c1. The highest BCUT2D eigenvalue weighted by atomic mass is 35.5. The van der Waals surface area contributed by atoms with Crippen LogP contribution in [0.3, 0.4) is 0 Å². The van der Waals surface area contributed by atoms with Crippen molar-refractivity contribution < 1.29 is 9.18 Å². The summed E-state index contributed by atoms with van der Waals surface area (Å²) in [5.41, 5.74) is 1.71. The van der Waals surface area contributed by atoms with Gasteiger partial charge in [0.2, 0.25) is 0 Å². The van der Waals surface area contributed by atoms with Gasteiger partial charge in [0.05, 0.1) is 5.02 Å². The third kappa shape index (κ3) is 3.47. The van der Waals surface area contributed by atoms with Crippen LogP contribution in [-0.4, -0.2) is 6.03 Å². The summed E-state index contributed by atoms with van der Waals surface area (Å²) in [5.74, 6) is -0.504. The Balaban J connectivity index is 1.90. The summed E-state index contributed by atoms with van der Waals surface area (Å²) < 4.78 is 12.9. The molecule has 96 valence electrons. The van der Waals surface area contributed by atoms with Crippen LogP contribution in [0.2, 0.25) is 5.02 Å². The molecule has 0 radical (unpaired) electrons. The fourth-order valence-corrected chi connectivity index (χ4v) is 2.06. The fourth-order valence-electron chi connectivity index (χ4n) is 1.88. The molecule has 5 heteroatoms. The van der Waals surface area contributed by atoms with Crippen molar-refractivity contribution >= 4 is 23.3 Å². The Morgan fingerprint density at radius 2 is 2.06 bits per heavy atom. The van der Waals surface area contributed by atoms with Gasteiger partial charge in [-0.15, -0.1) is 0 Å². The number of carbonyl (C=O) groups excluding carboxylic acids is 1. The smallest absolute Gasteiger partial charge is 0.314 e. The van der Waals surface area contributed by atoms with Gasteiger partial charge < -0.3 is 10.6 Å². The van der Waals surface area contributed by atoms with Crippen LogP contribution in [0.4, 0.5) is 14.9 Å². The topological polar surface area (TPSA) is 41.1 Å². The first-order chi connectivity index (χ1) is 8.65. The number of nitrogens with one attached hydrogen (secondary N) is 2. The van der Waals surface area contributed by atoms with E-state index in [9.17, 15) is 9.18 Å². The third-order valence-electron chi connectivity index (χ3n) is 2.83. The largest absolute Gasteiger partial charge is 0.323 e. The minimum absolute atomic E-state index is 0.0121. The van der Waals surface area contributed by atoms with Crippen LogP contribution < -0.4 is 10.6 Å². The van der Waals surface area contributed by atoms with Crippen molar-refractivity contribution in [3.63, 3.8) is 0 Å². The average Bonchev–Trinajstić information content (AvgIpc) is 2.84. The van der Waals surface area contributed by atoms with E-state index >= 15 is 0 Å². The quantitative estimate of drug-likeness (QED) is 0.834. The molecule has 3 nitrogen and oxygen atoms in total. The maximum absolute atomic E-state index is 12.9. The van der Waals surface area contributed by atoms with Crippen molar-refractivity contribution in [2.45, 2.75) is 25.7 Å². The van der Waals surface area contributed by atoms with E-state index in [0.29, 0.717) is 5.69 Å². The van der Waals surface area contributed by atoms with E-state index in [1.807, 2.05) is 0 Å². The number of carbonyl (C=O) groups is 1. The second-order valence-corrected chi connectivity index (χ2v) is 4.64. The number of amides is 2. The number of hydrogen-bond acceptors (Lipinski definition) is 1. The molecule has 0 bridgehead atoms. The number of anilines is 1. The van der Waals surface area contributed by atoms with Crippen molar-refractivity contribution in [1.82, 2.24) is 5.32 Å². The highest BCUT2D eigenvalue weighted by Gasteiger charge is 2.07. The molecule has 1 aliphatic carbocycles. The molecule has 1 aromatic rings. The molecule has 2 rings (SSSR count). The standard InChI is InChI=1S/C13H14ClFN2O/c14-11-7-10(5-6-12(11)15)17-13(18)16-8-9-3-1-2-4-9/h5-8H,1-4H2,(H2,16,17,18).